The molecule has 5 heteroatoms. The zero-order valence-electron chi connectivity index (χ0n) is 11.4. The first kappa shape index (κ1) is 15.1. The van der Waals surface area contributed by atoms with Crippen LogP contribution in [0.4, 0.5) is 4.39 Å². The standard InChI is InChI=1S/C16H13ClFNO2/c1-2-20-16-7-11(9-19)3-6-15(16)21-10-12-8-13(18)4-5-14(12)17/h3-8H,2,10H2,1H3. The van der Waals surface area contributed by atoms with Crippen LogP contribution in [0.5, 0.6) is 11.5 Å². The third-order valence-corrected chi connectivity index (χ3v) is 3.13. The first-order valence-electron chi connectivity index (χ1n) is 6.37. The molecule has 0 heterocycles. The van der Waals surface area contributed by atoms with Crippen LogP contribution in [-0.2, 0) is 6.61 Å². The smallest absolute Gasteiger partial charge is 0.162 e. The van der Waals surface area contributed by atoms with Gasteiger partial charge in [0, 0.05) is 16.7 Å². The second-order valence-electron chi connectivity index (χ2n) is 4.23. The molecule has 0 fully saturated rings. The number of hydrogen-bond donors (Lipinski definition) is 0. The van der Waals surface area contributed by atoms with Crippen LogP contribution in [0.15, 0.2) is 36.4 Å². The molecule has 0 aromatic heterocycles. The Morgan fingerprint density at radius 1 is 1.14 bits per heavy atom. The van der Waals surface area contributed by atoms with Gasteiger partial charge in [-0.2, -0.15) is 5.26 Å². The first-order chi connectivity index (χ1) is 10.1. The predicted molar refractivity (Wildman–Crippen MR) is 78.1 cm³/mol. The average Bonchev–Trinajstić information content (AvgIpc) is 2.49. The summed E-state index contributed by atoms with van der Waals surface area (Å²) in [6.07, 6.45) is 0. The minimum absolute atomic E-state index is 0.114. The Balaban J connectivity index is 2.19. The van der Waals surface area contributed by atoms with E-state index < -0.39 is 0 Å². The van der Waals surface area contributed by atoms with E-state index in [-0.39, 0.29) is 12.4 Å². The van der Waals surface area contributed by atoms with Crippen molar-refractivity contribution in [1.29, 1.82) is 5.26 Å². The van der Waals surface area contributed by atoms with Gasteiger partial charge in [0.05, 0.1) is 18.2 Å². The molecule has 2 rings (SSSR count). The lowest BCUT2D eigenvalue weighted by molar-refractivity contribution is 0.269. The molecule has 0 saturated heterocycles. The fourth-order valence-corrected chi connectivity index (χ4v) is 1.95. The van der Waals surface area contributed by atoms with Gasteiger partial charge in [0.25, 0.3) is 0 Å². The van der Waals surface area contributed by atoms with Crippen molar-refractivity contribution >= 4 is 11.6 Å². The summed E-state index contributed by atoms with van der Waals surface area (Å²) in [4.78, 5) is 0. The molecule has 0 aliphatic carbocycles. The molecule has 0 spiro atoms. The van der Waals surface area contributed by atoms with Crippen LogP contribution in [0.3, 0.4) is 0 Å². The lowest BCUT2D eigenvalue weighted by atomic mass is 10.2. The van der Waals surface area contributed by atoms with Gasteiger partial charge in [-0.15, -0.1) is 0 Å². The Hall–Kier alpha value is -2.25. The minimum Gasteiger partial charge on any atom is -0.490 e. The number of benzene rings is 2. The Bertz CT molecular complexity index is 682. The zero-order chi connectivity index (χ0) is 15.2. The fraction of sp³-hybridized carbons (Fsp3) is 0.188. The van der Waals surface area contributed by atoms with E-state index in [9.17, 15) is 4.39 Å². The van der Waals surface area contributed by atoms with E-state index in [4.69, 9.17) is 26.3 Å². The largest absolute Gasteiger partial charge is 0.490 e. The highest BCUT2D eigenvalue weighted by Crippen LogP contribution is 2.30. The van der Waals surface area contributed by atoms with E-state index in [1.807, 2.05) is 13.0 Å². The molecule has 0 bridgehead atoms. The summed E-state index contributed by atoms with van der Waals surface area (Å²) >= 11 is 5.99. The molecule has 0 N–H and O–H groups in total. The Kier molecular flexibility index (Phi) is 5.02. The molecular weight excluding hydrogens is 293 g/mol. The number of ether oxygens (including phenoxy) is 2. The van der Waals surface area contributed by atoms with E-state index in [0.717, 1.165) is 0 Å². The lowest BCUT2D eigenvalue weighted by Gasteiger charge is -2.12. The van der Waals surface area contributed by atoms with Gasteiger partial charge in [-0.25, -0.2) is 4.39 Å². The van der Waals surface area contributed by atoms with E-state index in [2.05, 4.69) is 0 Å². The van der Waals surface area contributed by atoms with Gasteiger partial charge in [-0.05, 0) is 37.3 Å². The van der Waals surface area contributed by atoms with Crippen LogP contribution < -0.4 is 9.47 Å². The molecule has 0 amide bonds. The molecule has 3 nitrogen and oxygen atoms in total. The van der Waals surface area contributed by atoms with Crippen LogP contribution >= 0.6 is 11.6 Å². The Morgan fingerprint density at radius 2 is 1.95 bits per heavy atom. The topological polar surface area (TPSA) is 42.2 Å². The van der Waals surface area contributed by atoms with Gasteiger partial charge in [0.15, 0.2) is 11.5 Å². The highest BCUT2D eigenvalue weighted by atomic mass is 35.5. The normalized spacial score (nSPS) is 10.0. The van der Waals surface area contributed by atoms with Gasteiger partial charge >= 0.3 is 0 Å². The number of hydrogen-bond acceptors (Lipinski definition) is 3. The molecule has 21 heavy (non-hydrogen) atoms. The van der Waals surface area contributed by atoms with Crippen molar-refractivity contribution in [2.45, 2.75) is 13.5 Å². The second-order valence-corrected chi connectivity index (χ2v) is 4.64. The van der Waals surface area contributed by atoms with Crippen LogP contribution in [0.2, 0.25) is 5.02 Å². The van der Waals surface area contributed by atoms with Gasteiger partial charge < -0.3 is 9.47 Å². The second kappa shape index (κ2) is 6.96. The number of halogens is 2. The van der Waals surface area contributed by atoms with Crippen molar-refractivity contribution in [2.24, 2.45) is 0 Å². The summed E-state index contributed by atoms with van der Waals surface area (Å²) < 4.78 is 24.3. The van der Waals surface area contributed by atoms with Gasteiger partial charge in [-0.3, -0.25) is 0 Å². The average molecular weight is 306 g/mol. The maximum atomic E-state index is 13.2. The van der Waals surface area contributed by atoms with Gasteiger partial charge in [-0.1, -0.05) is 11.6 Å². The van der Waals surface area contributed by atoms with E-state index in [1.54, 1.807) is 18.2 Å². The summed E-state index contributed by atoms with van der Waals surface area (Å²) in [6.45, 7) is 2.40. The van der Waals surface area contributed by atoms with Gasteiger partial charge in [0.1, 0.15) is 12.4 Å². The maximum absolute atomic E-state index is 13.2. The fourth-order valence-electron chi connectivity index (χ4n) is 1.77. The summed E-state index contributed by atoms with van der Waals surface area (Å²) in [7, 11) is 0. The van der Waals surface area contributed by atoms with E-state index in [1.165, 1.54) is 18.2 Å². The zero-order valence-corrected chi connectivity index (χ0v) is 12.2. The van der Waals surface area contributed by atoms with Crippen molar-refractivity contribution < 1.29 is 13.9 Å². The molecule has 0 unspecified atom stereocenters. The monoisotopic (exact) mass is 305 g/mol. The summed E-state index contributed by atoms with van der Waals surface area (Å²) in [5.41, 5.74) is 1.03. The molecular formula is C16H13ClFNO2. The predicted octanol–water partition coefficient (Wildman–Crippen LogP) is 4.33. The van der Waals surface area contributed by atoms with Crippen LogP contribution in [0.1, 0.15) is 18.1 Å². The Labute approximate surface area is 127 Å². The Morgan fingerprint density at radius 3 is 2.67 bits per heavy atom. The first-order valence-corrected chi connectivity index (χ1v) is 6.75. The van der Waals surface area contributed by atoms with Gasteiger partial charge in [0.2, 0.25) is 0 Å². The van der Waals surface area contributed by atoms with E-state index in [0.29, 0.717) is 34.3 Å². The number of nitrogens with zero attached hydrogens (tertiary/aromatic N) is 1. The molecule has 0 aliphatic rings. The summed E-state index contributed by atoms with van der Waals surface area (Å²) in [6, 6.07) is 11.0. The molecule has 0 atom stereocenters. The molecule has 2 aromatic carbocycles. The third-order valence-electron chi connectivity index (χ3n) is 2.76. The molecule has 0 saturated carbocycles. The summed E-state index contributed by atoms with van der Waals surface area (Å²) in [5, 5.41) is 9.32. The van der Waals surface area contributed by atoms with Crippen LogP contribution in [0.25, 0.3) is 0 Å². The minimum atomic E-state index is -0.372. The van der Waals surface area contributed by atoms with Crippen molar-refractivity contribution in [3.8, 4) is 17.6 Å². The highest BCUT2D eigenvalue weighted by Gasteiger charge is 2.09. The molecule has 0 aliphatic heterocycles. The summed E-state index contributed by atoms with van der Waals surface area (Å²) in [5.74, 6) is 0.586. The maximum Gasteiger partial charge on any atom is 0.162 e. The van der Waals surface area contributed by atoms with Crippen LogP contribution in [0, 0.1) is 17.1 Å². The number of rotatable bonds is 5. The van der Waals surface area contributed by atoms with Crippen molar-refractivity contribution in [3.63, 3.8) is 0 Å². The van der Waals surface area contributed by atoms with Crippen molar-refractivity contribution in [2.75, 3.05) is 6.61 Å². The molecule has 108 valence electrons. The SMILES string of the molecule is CCOc1cc(C#N)ccc1OCc1cc(F)ccc1Cl. The van der Waals surface area contributed by atoms with E-state index >= 15 is 0 Å². The number of nitriles is 1. The third kappa shape index (κ3) is 3.87. The van der Waals surface area contributed by atoms with Crippen LogP contribution in [-0.4, -0.2) is 6.61 Å². The molecule has 2 aromatic rings. The van der Waals surface area contributed by atoms with Crippen molar-refractivity contribution in [1.82, 2.24) is 0 Å². The van der Waals surface area contributed by atoms with Crippen molar-refractivity contribution in [3.05, 3.63) is 58.4 Å². The quantitative estimate of drug-likeness (QED) is 0.825. The molecule has 0 radical (unpaired) electrons. The highest BCUT2D eigenvalue weighted by molar-refractivity contribution is 6.31. The lowest BCUT2D eigenvalue weighted by Crippen LogP contribution is -2.01.